The molecule has 2 heterocycles. The molecule has 0 bridgehead atoms. The van der Waals surface area contributed by atoms with Gasteiger partial charge in [0.2, 0.25) is 5.75 Å². The number of benzene rings is 2. The van der Waals surface area contributed by atoms with E-state index in [9.17, 15) is 19.7 Å². The summed E-state index contributed by atoms with van der Waals surface area (Å²) < 4.78 is 18.7. The number of nitrogens with zero attached hydrogens (tertiary/aromatic N) is 3. The zero-order valence-electron chi connectivity index (χ0n) is 22.2. The quantitative estimate of drug-likeness (QED) is 0.135. The number of carbonyl (C=O) groups is 2. The summed E-state index contributed by atoms with van der Waals surface area (Å²) in [5.74, 6) is -1.44. The van der Waals surface area contributed by atoms with Gasteiger partial charge in [0.15, 0.2) is 11.9 Å². The summed E-state index contributed by atoms with van der Waals surface area (Å²) >= 11 is 5.97. The molecule has 0 radical (unpaired) electrons. The van der Waals surface area contributed by atoms with E-state index in [1.807, 2.05) is 50.2 Å². The molecule has 0 aliphatic rings. The zero-order valence-corrected chi connectivity index (χ0v) is 22.9. The van der Waals surface area contributed by atoms with E-state index in [1.165, 1.54) is 19.1 Å². The van der Waals surface area contributed by atoms with Gasteiger partial charge in [-0.15, -0.1) is 0 Å². The first-order valence-corrected chi connectivity index (χ1v) is 12.6. The Balaban J connectivity index is 1.39. The number of hydrogen-bond acceptors (Lipinski definition) is 8. The SMILES string of the molecule is Cc1ccc(C)n1-c1ccc(OCc2ccc(C(=O)N/N=C/c3cc(Cl)cc([N+](=O)[O-])c3O[C@@H](C)C(=O)O)o2)cc1. The summed E-state index contributed by atoms with van der Waals surface area (Å²) in [7, 11) is 0. The highest BCUT2D eigenvalue weighted by atomic mass is 35.5. The number of aliphatic carboxylic acids is 1. The maximum Gasteiger partial charge on any atom is 0.344 e. The summed E-state index contributed by atoms with van der Waals surface area (Å²) in [6.45, 7) is 5.35. The van der Waals surface area contributed by atoms with Crippen LogP contribution in [-0.2, 0) is 11.4 Å². The largest absolute Gasteiger partial charge is 0.486 e. The molecule has 0 spiro atoms. The van der Waals surface area contributed by atoms with Crippen LogP contribution in [0.15, 0.2) is 70.2 Å². The Bertz CT molecular complexity index is 1600. The van der Waals surface area contributed by atoms with Crippen molar-refractivity contribution in [1.29, 1.82) is 0 Å². The number of carboxylic acid groups (broad SMARTS) is 1. The predicted octanol–water partition coefficient (Wildman–Crippen LogP) is 5.44. The van der Waals surface area contributed by atoms with E-state index in [1.54, 1.807) is 6.07 Å². The van der Waals surface area contributed by atoms with Crippen LogP contribution in [-0.4, -0.2) is 38.8 Å². The van der Waals surface area contributed by atoms with Crippen molar-refractivity contribution >= 4 is 35.4 Å². The van der Waals surface area contributed by atoms with Crippen LogP contribution in [0.2, 0.25) is 5.02 Å². The highest BCUT2D eigenvalue weighted by Crippen LogP contribution is 2.34. The molecule has 0 aliphatic heterocycles. The third kappa shape index (κ3) is 6.92. The molecule has 1 atom stereocenters. The number of halogens is 1. The summed E-state index contributed by atoms with van der Waals surface area (Å²) in [6.07, 6.45) is -0.348. The molecule has 0 unspecified atom stereocenters. The minimum absolute atomic E-state index is 0.0138. The number of aryl methyl sites for hydroxylation is 2. The molecule has 1 amide bonds. The molecular weight excluding hydrogens is 556 g/mol. The second-order valence-corrected chi connectivity index (χ2v) is 9.33. The Kier molecular flexibility index (Phi) is 8.73. The molecule has 2 aromatic carbocycles. The molecule has 13 heteroatoms. The van der Waals surface area contributed by atoms with Gasteiger partial charge >= 0.3 is 17.6 Å². The number of amides is 1. The first kappa shape index (κ1) is 28.9. The van der Waals surface area contributed by atoms with Gasteiger partial charge in [-0.3, -0.25) is 14.9 Å². The van der Waals surface area contributed by atoms with E-state index in [2.05, 4.69) is 15.1 Å². The van der Waals surface area contributed by atoms with Crippen LogP contribution in [0.4, 0.5) is 5.69 Å². The van der Waals surface area contributed by atoms with Gasteiger partial charge in [-0.1, -0.05) is 11.6 Å². The topological polar surface area (TPSA) is 158 Å². The summed E-state index contributed by atoms with van der Waals surface area (Å²) in [4.78, 5) is 34.4. The standard InChI is InChI=1S/C28H25ClN4O8/c1-16-4-5-17(2)32(16)21-6-8-22(9-7-21)39-15-23-10-11-25(41-23)27(34)31-30-14-19-12-20(29)13-24(33(37)38)26(19)40-18(3)28(35)36/h4-14,18H,15H2,1-3H3,(H,31,34)(H,35,36)/b30-14+/t18-/m0/s1. The van der Waals surface area contributed by atoms with Crippen molar-refractivity contribution in [2.45, 2.75) is 33.5 Å². The smallest absolute Gasteiger partial charge is 0.344 e. The lowest BCUT2D eigenvalue weighted by molar-refractivity contribution is -0.386. The maximum absolute atomic E-state index is 12.5. The fourth-order valence-electron chi connectivity index (χ4n) is 3.90. The predicted molar refractivity (Wildman–Crippen MR) is 149 cm³/mol. The number of furan rings is 1. The first-order valence-electron chi connectivity index (χ1n) is 12.2. The lowest BCUT2D eigenvalue weighted by Crippen LogP contribution is -2.24. The molecule has 2 aromatic heterocycles. The molecule has 2 N–H and O–H groups in total. The number of nitrogens with one attached hydrogen (secondary N) is 1. The Hall–Kier alpha value is -5.10. The summed E-state index contributed by atoms with van der Waals surface area (Å²) in [6, 6.07) is 17.0. The highest BCUT2D eigenvalue weighted by molar-refractivity contribution is 6.31. The third-order valence-electron chi connectivity index (χ3n) is 5.90. The van der Waals surface area contributed by atoms with E-state index in [-0.39, 0.29) is 28.7 Å². The van der Waals surface area contributed by atoms with Crippen LogP contribution in [0.25, 0.3) is 5.69 Å². The number of nitro groups is 1. The lowest BCUT2D eigenvalue weighted by Gasteiger charge is -2.13. The van der Waals surface area contributed by atoms with Crippen molar-refractivity contribution in [3.63, 3.8) is 0 Å². The monoisotopic (exact) mass is 580 g/mol. The van der Waals surface area contributed by atoms with Crippen molar-refractivity contribution < 1.29 is 33.5 Å². The number of hydrogen-bond donors (Lipinski definition) is 2. The van der Waals surface area contributed by atoms with Crippen molar-refractivity contribution in [3.05, 3.63) is 104 Å². The Morgan fingerprint density at radius 2 is 1.83 bits per heavy atom. The van der Waals surface area contributed by atoms with Gasteiger partial charge in [0.05, 0.1) is 11.1 Å². The van der Waals surface area contributed by atoms with E-state index in [0.717, 1.165) is 29.4 Å². The minimum atomic E-state index is -1.40. The minimum Gasteiger partial charge on any atom is -0.486 e. The molecule has 4 aromatic rings. The van der Waals surface area contributed by atoms with Crippen molar-refractivity contribution in [3.8, 4) is 17.2 Å². The van der Waals surface area contributed by atoms with Crippen molar-refractivity contribution in [1.82, 2.24) is 9.99 Å². The lowest BCUT2D eigenvalue weighted by atomic mass is 10.2. The zero-order chi connectivity index (χ0) is 29.7. The van der Waals surface area contributed by atoms with Gasteiger partial charge in [-0.2, -0.15) is 5.10 Å². The van der Waals surface area contributed by atoms with Crippen LogP contribution in [0.5, 0.6) is 11.5 Å². The molecule has 4 rings (SSSR count). The number of rotatable bonds is 11. The molecule has 0 saturated carbocycles. The third-order valence-corrected chi connectivity index (χ3v) is 6.12. The molecule has 41 heavy (non-hydrogen) atoms. The van der Waals surface area contributed by atoms with Crippen molar-refractivity contribution in [2.24, 2.45) is 5.10 Å². The second kappa shape index (κ2) is 12.4. The molecule has 0 saturated heterocycles. The van der Waals surface area contributed by atoms with Gasteiger partial charge in [0.1, 0.15) is 18.1 Å². The first-order chi connectivity index (χ1) is 19.5. The number of hydrazone groups is 1. The van der Waals surface area contributed by atoms with E-state index in [4.69, 9.17) is 30.6 Å². The Labute approximate surface area is 238 Å². The average Bonchev–Trinajstić information content (AvgIpc) is 3.54. The van der Waals surface area contributed by atoms with Crippen LogP contribution in [0.1, 0.15) is 40.2 Å². The number of carboxylic acids is 1. The van der Waals surface area contributed by atoms with Gasteiger partial charge < -0.3 is 23.6 Å². The maximum atomic E-state index is 12.5. The van der Waals surface area contributed by atoms with Crippen LogP contribution >= 0.6 is 11.6 Å². The molecule has 212 valence electrons. The van der Waals surface area contributed by atoms with Crippen LogP contribution < -0.4 is 14.9 Å². The van der Waals surface area contributed by atoms with Gasteiger partial charge in [-0.25, -0.2) is 10.2 Å². The number of aromatic nitrogens is 1. The van der Waals surface area contributed by atoms with Crippen LogP contribution in [0, 0.1) is 24.0 Å². The fraction of sp³-hybridized carbons (Fsp3) is 0.179. The number of carbonyl (C=O) groups excluding carboxylic acids is 1. The summed E-state index contributed by atoms with van der Waals surface area (Å²) in [5.41, 5.74) is 4.93. The Morgan fingerprint density at radius 1 is 1.15 bits per heavy atom. The van der Waals surface area contributed by atoms with Gasteiger partial charge in [0.25, 0.3) is 0 Å². The molecular formula is C28H25ClN4O8. The van der Waals surface area contributed by atoms with Crippen molar-refractivity contribution in [2.75, 3.05) is 0 Å². The van der Waals surface area contributed by atoms with Gasteiger partial charge in [0, 0.05) is 33.7 Å². The summed E-state index contributed by atoms with van der Waals surface area (Å²) in [5, 5.41) is 24.4. The molecule has 12 nitrogen and oxygen atoms in total. The fourth-order valence-corrected chi connectivity index (χ4v) is 4.12. The van der Waals surface area contributed by atoms with E-state index < -0.39 is 28.6 Å². The number of ether oxygens (including phenoxy) is 2. The second-order valence-electron chi connectivity index (χ2n) is 8.90. The Morgan fingerprint density at radius 3 is 2.46 bits per heavy atom. The average molecular weight is 581 g/mol. The molecule has 0 aliphatic carbocycles. The normalized spacial score (nSPS) is 11.8. The molecule has 0 fully saturated rings. The highest BCUT2D eigenvalue weighted by Gasteiger charge is 2.25. The van der Waals surface area contributed by atoms with Gasteiger partial charge in [-0.05, 0) is 75.4 Å². The van der Waals surface area contributed by atoms with E-state index in [0.29, 0.717) is 11.5 Å². The van der Waals surface area contributed by atoms with E-state index >= 15 is 0 Å². The number of nitro benzene ring substituents is 1. The van der Waals surface area contributed by atoms with Crippen LogP contribution in [0.3, 0.4) is 0 Å².